The smallest absolute Gasteiger partial charge is 0.314 e. The van der Waals surface area contributed by atoms with Gasteiger partial charge in [-0.3, -0.25) is 9.59 Å². The lowest BCUT2D eigenvalue weighted by atomic mass is 9.90. The molecule has 0 aromatic heterocycles. The second-order valence-corrected chi connectivity index (χ2v) is 3.96. The number of hydrogen-bond acceptors (Lipinski definition) is 3. The normalized spacial score (nSPS) is 17.4. The van der Waals surface area contributed by atoms with Crippen molar-refractivity contribution >= 4 is 11.9 Å². The Hall–Kier alpha value is -1.71. The maximum absolute atomic E-state index is 13.3. The fourth-order valence-electron chi connectivity index (χ4n) is 1.78. The summed E-state index contributed by atoms with van der Waals surface area (Å²) in [5, 5.41) is 0. The quantitative estimate of drug-likeness (QED) is 0.539. The van der Waals surface area contributed by atoms with Crippen LogP contribution in [-0.2, 0) is 14.3 Å². The van der Waals surface area contributed by atoms with Crippen LogP contribution in [0.15, 0.2) is 18.2 Å². The Bertz CT molecular complexity index is 438. The summed E-state index contributed by atoms with van der Waals surface area (Å²) in [6.45, 7) is 1.67. The minimum atomic E-state index is -0.540. The van der Waals surface area contributed by atoms with Crippen LogP contribution in [0.1, 0.15) is 29.9 Å². The third kappa shape index (κ3) is 2.10. The highest BCUT2D eigenvalue weighted by Gasteiger charge is 2.28. The molecule has 1 heterocycles. The monoisotopic (exact) mass is 222 g/mol. The van der Waals surface area contributed by atoms with Gasteiger partial charge in [0.2, 0.25) is 0 Å². The predicted octanol–water partition coefficient (Wildman–Crippen LogP) is 2.08. The Morgan fingerprint density at radius 2 is 1.88 bits per heavy atom. The van der Waals surface area contributed by atoms with Crippen LogP contribution in [0, 0.1) is 12.7 Å². The molecule has 0 aliphatic carbocycles. The van der Waals surface area contributed by atoms with E-state index in [0.717, 1.165) is 0 Å². The standard InChI is InChI=1S/C12H11FO3/c1-7-2-3-8(4-10(7)13)9-5-11(14)16-12(15)6-9/h2-4,9H,5-6H2,1H3. The van der Waals surface area contributed by atoms with Crippen molar-refractivity contribution in [1.82, 2.24) is 0 Å². The number of carbonyl (C=O) groups excluding carboxylic acids is 2. The largest absolute Gasteiger partial charge is 0.393 e. The molecule has 1 aliphatic rings. The summed E-state index contributed by atoms with van der Waals surface area (Å²) in [4.78, 5) is 22.1. The van der Waals surface area contributed by atoms with Gasteiger partial charge in [-0.05, 0) is 24.1 Å². The molecule has 1 aromatic rings. The Morgan fingerprint density at radius 3 is 2.44 bits per heavy atom. The van der Waals surface area contributed by atoms with Gasteiger partial charge in [-0.2, -0.15) is 0 Å². The maximum Gasteiger partial charge on any atom is 0.314 e. The second-order valence-electron chi connectivity index (χ2n) is 3.96. The fraction of sp³-hybridized carbons (Fsp3) is 0.333. The topological polar surface area (TPSA) is 43.4 Å². The van der Waals surface area contributed by atoms with E-state index in [0.29, 0.717) is 11.1 Å². The van der Waals surface area contributed by atoms with E-state index in [4.69, 9.17) is 0 Å². The number of ether oxygens (including phenoxy) is 1. The van der Waals surface area contributed by atoms with Gasteiger partial charge < -0.3 is 4.74 Å². The lowest BCUT2D eigenvalue weighted by Gasteiger charge is -2.20. The molecule has 0 N–H and O–H groups in total. The zero-order valence-electron chi connectivity index (χ0n) is 8.83. The molecule has 0 amide bonds. The van der Waals surface area contributed by atoms with Gasteiger partial charge in [0.1, 0.15) is 5.82 Å². The summed E-state index contributed by atoms with van der Waals surface area (Å²) in [6.07, 6.45) is 0.266. The number of rotatable bonds is 1. The van der Waals surface area contributed by atoms with E-state index in [2.05, 4.69) is 4.74 Å². The second kappa shape index (κ2) is 4.04. The lowest BCUT2D eigenvalue weighted by Crippen LogP contribution is -2.24. The third-order valence-corrected chi connectivity index (χ3v) is 2.72. The predicted molar refractivity (Wildman–Crippen MR) is 54.2 cm³/mol. The van der Waals surface area contributed by atoms with Crippen molar-refractivity contribution in [2.45, 2.75) is 25.7 Å². The first-order valence-corrected chi connectivity index (χ1v) is 5.06. The maximum atomic E-state index is 13.3. The molecule has 0 saturated carbocycles. The van der Waals surface area contributed by atoms with Gasteiger partial charge in [-0.25, -0.2) is 4.39 Å². The van der Waals surface area contributed by atoms with Crippen molar-refractivity contribution in [1.29, 1.82) is 0 Å². The SMILES string of the molecule is Cc1ccc(C2CC(=O)OC(=O)C2)cc1F. The molecule has 0 atom stereocenters. The van der Waals surface area contributed by atoms with Gasteiger partial charge >= 0.3 is 11.9 Å². The number of benzene rings is 1. The van der Waals surface area contributed by atoms with Gasteiger partial charge in [-0.1, -0.05) is 12.1 Å². The van der Waals surface area contributed by atoms with Crippen molar-refractivity contribution in [3.05, 3.63) is 35.1 Å². The van der Waals surface area contributed by atoms with E-state index in [-0.39, 0.29) is 24.6 Å². The molecule has 0 spiro atoms. The summed E-state index contributed by atoms with van der Waals surface area (Å²) in [6, 6.07) is 4.77. The third-order valence-electron chi connectivity index (χ3n) is 2.72. The lowest BCUT2D eigenvalue weighted by molar-refractivity contribution is -0.163. The van der Waals surface area contributed by atoms with Crippen molar-refractivity contribution in [3.63, 3.8) is 0 Å². The van der Waals surface area contributed by atoms with E-state index < -0.39 is 11.9 Å². The molecule has 3 nitrogen and oxygen atoms in total. The van der Waals surface area contributed by atoms with E-state index in [9.17, 15) is 14.0 Å². The minimum absolute atomic E-state index is 0.133. The van der Waals surface area contributed by atoms with Gasteiger partial charge in [0, 0.05) is 5.92 Å². The average molecular weight is 222 g/mol. The molecule has 84 valence electrons. The number of carbonyl (C=O) groups is 2. The zero-order valence-corrected chi connectivity index (χ0v) is 8.83. The summed E-state index contributed by atoms with van der Waals surface area (Å²) >= 11 is 0. The number of cyclic esters (lactones) is 2. The fourth-order valence-corrected chi connectivity index (χ4v) is 1.78. The first kappa shape index (κ1) is 10.8. The van der Waals surface area contributed by atoms with Gasteiger partial charge in [0.05, 0.1) is 12.8 Å². The highest BCUT2D eigenvalue weighted by Crippen LogP contribution is 2.29. The number of halogens is 1. The summed E-state index contributed by atoms with van der Waals surface area (Å²) in [5.74, 6) is -1.66. The van der Waals surface area contributed by atoms with Crippen LogP contribution in [0.4, 0.5) is 4.39 Å². The molecule has 0 bridgehead atoms. The van der Waals surface area contributed by atoms with E-state index >= 15 is 0 Å². The van der Waals surface area contributed by atoms with Gasteiger partial charge in [-0.15, -0.1) is 0 Å². The van der Waals surface area contributed by atoms with Gasteiger partial charge in [0.25, 0.3) is 0 Å². The van der Waals surface area contributed by atoms with Gasteiger partial charge in [0.15, 0.2) is 0 Å². The van der Waals surface area contributed by atoms with Crippen molar-refractivity contribution in [3.8, 4) is 0 Å². The highest BCUT2D eigenvalue weighted by atomic mass is 19.1. The van der Waals surface area contributed by atoms with Crippen LogP contribution in [0.2, 0.25) is 0 Å². The van der Waals surface area contributed by atoms with E-state index in [1.165, 1.54) is 6.07 Å². The minimum Gasteiger partial charge on any atom is -0.393 e. The number of esters is 2. The average Bonchev–Trinajstić information content (AvgIpc) is 2.20. The molecule has 1 saturated heterocycles. The molecule has 16 heavy (non-hydrogen) atoms. The Balaban J connectivity index is 2.26. The van der Waals surface area contributed by atoms with E-state index in [1.807, 2.05) is 0 Å². The zero-order chi connectivity index (χ0) is 11.7. The number of hydrogen-bond donors (Lipinski definition) is 0. The molecule has 1 aromatic carbocycles. The Morgan fingerprint density at radius 1 is 1.25 bits per heavy atom. The van der Waals surface area contributed by atoms with Crippen molar-refractivity contribution in [2.24, 2.45) is 0 Å². The summed E-state index contributed by atoms with van der Waals surface area (Å²) in [7, 11) is 0. The molecule has 0 radical (unpaired) electrons. The molecular formula is C12H11FO3. The molecule has 0 unspecified atom stereocenters. The first-order chi connectivity index (χ1) is 7.56. The van der Waals surface area contributed by atoms with Crippen LogP contribution < -0.4 is 0 Å². The Kier molecular flexibility index (Phi) is 2.73. The van der Waals surface area contributed by atoms with E-state index in [1.54, 1.807) is 19.1 Å². The molecule has 2 rings (SSSR count). The van der Waals surface area contributed by atoms with Crippen molar-refractivity contribution in [2.75, 3.05) is 0 Å². The molecule has 4 heteroatoms. The first-order valence-electron chi connectivity index (χ1n) is 5.06. The van der Waals surface area contributed by atoms with Crippen LogP contribution in [0.3, 0.4) is 0 Å². The summed E-state index contributed by atoms with van der Waals surface area (Å²) in [5.41, 5.74) is 1.22. The van der Waals surface area contributed by atoms with Crippen molar-refractivity contribution < 1.29 is 18.7 Å². The van der Waals surface area contributed by atoms with Crippen LogP contribution in [0.25, 0.3) is 0 Å². The Labute approximate surface area is 92.2 Å². The van der Waals surface area contributed by atoms with Crippen LogP contribution in [-0.4, -0.2) is 11.9 Å². The number of aryl methyl sites for hydroxylation is 1. The van der Waals surface area contributed by atoms with Crippen LogP contribution >= 0.6 is 0 Å². The molecule has 1 fully saturated rings. The van der Waals surface area contributed by atoms with Crippen LogP contribution in [0.5, 0.6) is 0 Å². The summed E-state index contributed by atoms with van der Waals surface area (Å²) < 4.78 is 17.7. The molecular weight excluding hydrogens is 211 g/mol. The highest BCUT2D eigenvalue weighted by molar-refractivity contribution is 5.89. The molecule has 1 aliphatic heterocycles.